The molecule has 3 heterocycles. The number of rotatable bonds is 5. The molecule has 29 heavy (non-hydrogen) atoms. The van der Waals surface area contributed by atoms with Crippen LogP contribution < -0.4 is 11.1 Å². The number of carbonyl (C=O) groups excluding carboxylic acids is 1. The van der Waals surface area contributed by atoms with E-state index in [1.54, 1.807) is 35.7 Å². The molecule has 0 amide bonds. The highest BCUT2D eigenvalue weighted by molar-refractivity contribution is 7.17. The number of carbonyl (C=O) groups is 1. The van der Waals surface area contributed by atoms with Gasteiger partial charge in [-0.2, -0.15) is 5.10 Å². The standard InChI is InChI=1S/C20H18N4O4S/c1-11(2)9-24-19(26)13-6-4-3-5-12(13)16(23-24)20(27)28-10-15-21-14-7-8-29-17(14)18(25)22-15/h3-8,11H,9-10H2,1-2H3,(H,21,22,25). The van der Waals surface area contributed by atoms with Gasteiger partial charge in [0.1, 0.15) is 17.1 Å². The average Bonchev–Trinajstić information content (AvgIpc) is 3.17. The topological polar surface area (TPSA) is 107 Å². The van der Waals surface area contributed by atoms with Gasteiger partial charge in [0.25, 0.3) is 11.1 Å². The molecule has 1 N–H and O–H groups in total. The highest BCUT2D eigenvalue weighted by Gasteiger charge is 2.19. The molecule has 3 aromatic heterocycles. The summed E-state index contributed by atoms with van der Waals surface area (Å²) in [5, 5.41) is 6.86. The van der Waals surface area contributed by atoms with Gasteiger partial charge in [-0.1, -0.05) is 32.0 Å². The summed E-state index contributed by atoms with van der Waals surface area (Å²) in [6.07, 6.45) is 0. The maximum Gasteiger partial charge on any atom is 0.359 e. The average molecular weight is 410 g/mol. The van der Waals surface area contributed by atoms with Gasteiger partial charge in [0, 0.05) is 11.9 Å². The molecular formula is C20H18N4O4S. The first-order valence-electron chi connectivity index (χ1n) is 9.07. The van der Waals surface area contributed by atoms with Crippen molar-refractivity contribution in [3.63, 3.8) is 0 Å². The van der Waals surface area contributed by atoms with E-state index in [1.807, 2.05) is 13.8 Å². The third-order valence-corrected chi connectivity index (χ3v) is 5.21. The Morgan fingerprint density at radius 2 is 1.97 bits per heavy atom. The van der Waals surface area contributed by atoms with Gasteiger partial charge in [0.05, 0.1) is 10.9 Å². The van der Waals surface area contributed by atoms with Gasteiger partial charge >= 0.3 is 5.97 Å². The summed E-state index contributed by atoms with van der Waals surface area (Å²) >= 11 is 1.30. The molecular weight excluding hydrogens is 392 g/mol. The van der Waals surface area contributed by atoms with Crippen molar-refractivity contribution in [2.75, 3.05) is 0 Å². The fourth-order valence-electron chi connectivity index (χ4n) is 3.05. The lowest BCUT2D eigenvalue weighted by atomic mass is 10.1. The van der Waals surface area contributed by atoms with Crippen LogP contribution in [0.1, 0.15) is 30.2 Å². The lowest BCUT2D eigenvalue weighted by molar-refractivity contribution is 0.0454. The number of hydrogen-bond acceptors (Lipinski definition) is 7. The van der Waals surface area contributed by atoms with Crippen molar-refractivity contribution in [1.82, 2.24) is 19.7 Å². The Bertz CT molecular complexity index is 1340. The number of nitrogens with zero attached hydrogens (tertiary/aromatic N) is 3. The van der Waals surface area contributed by atoms with Gasteiger partial charge in [0.15, 0.2) is 5.69 Å². The van der Waals surface area contributed by atoms with Crippen molar-refractivity contribution < 1.29 is 9.53 Å². The van der Waals surface area contributed by atoms with Crippen molar-refractivity contribution >= 4 is 38.3 Å². The van der Waals surface area contributed by atoms with Crippen LogP contribution in [0.3, 0.4) is 0 Å². The van der Waals surface area contributed by atoms with Crippen LogP contribution in [0, 0.1) is 5.92 Å². The van der Waals surface area contributed by atoms with Crippen LogP contribution in [-0.2, 0) is 17.9 Å². The Balaban J connectivity index is 1.67. The SMILES string of the molecule is CC(C)Cn1nc(C(=O)OCc2nc3ccsc3c(=O)[nH]2)c2ccccc2c1=O. The summed E-state index contributed by atoms with van der Waals surface area (Å²) < 4.78 is 7.17. The molecule has 0 radical (unpaired) electrons. The van der Waals surface area contributed by atoms with Gasteiger partial charge in [0.2, 0.25) is 0 Å². The van der Waals surface area contributed by atoms with E-state index in [1.165, 1.54) is 16.0 Å². The highest BCUT2D eigenvalue weighted by atomic mass is 32.1. The number of hydrogen-bond donors (Lipinski definition) is 1. The van der Waals surface area contributed by atoms with E-state index in [0.717, 1.165) is 0 Å². The smallest absolute Gasteiger partial charge is 0.359 e. The van der Waals surface area contributed by atoms with E-state index in [4.69, 9.17) is 4.74 Å². The maximum absolute atomic E-state index is 12.8. The van der Waals surface area contributed by atoms with Crippen molar-refractivity contribution in [3.05, 3.63) is 67.9 Å². The lowest BCUT2D eigenvalue weighted by Crippen LogP contribution is -2.28. The van der Waals surface area contributed by atoms with Crippen LogP contribution in [0.5, 0.6) is 0 Å². The van der Waals surface area contributed by atoms with Crippen LogP contribution in [0.15, 0.2) is 45.3 Å². The van der Waals surface area contributed by atoms with E-state index in [-0.39, 0.29) is 35.2 Å². The molecule has 0 saturated heterocycles. The molecule has 0 atom stereocenters. The molecule has 0 aliphatic heterocycles. The number of benzene rings is 1. The lowest BCUT2D eigenvalue weighted by Gasteiger charge is -2.12. The largest absolute Gasteiger partial charge is 0.453 e. The minimum Gasteiger partial charge on any atom is -0.453 e. The molecule has 0 aliphatic carbocycles. The predicted molar refractivity (Wildman–Crippen MR) is 110 cm³/mol. The van der Waals surface area contributed by atoms with Crippen molar-refractivity contribution in [3.8, 4) is 0 Å². The first-order valence-corrected chi connectivity index (χ1v) is 9.95. The van der Waals surface area contributed by atoms with Gasteiger partial charge in [-0.05, 0) is 23.4 Å². The molecule has 4 aromatic rings. The quantitative estimate of drug-likeness (QED) is 0.507. The van der Waals surface area contributed by atoms with Gasteiger partial charge < -0.3 is 9.72 Å². The van der Waals surface area contributed by atoms with E-state index < -0.39 is 5.97 Å². The molecule has 0 bridgehead atoms. The number of nitrogens with one attached hydrogen (secondary N) is 1. The van der Waals surface area contributed by atoms with E-state index in [9.17, 15) is 14.4 Å². The second-order valence-electron chi connectivity index (χ2n) is 7.00. The Morgan fingerprint density at radius 3 is 2.72 bits per heavy atom. The Kier molecular flexibility index (Phi) is 4.98. The molecule has 148 valence electrons. The Morgan fingerprint density at radius 1 is 1.21 bits per heavy atom. The molecule has 9 heteroatoms. The van der Waals surface area contributed by atoms with Crippen LogP contribution in [-0.4, -0.2) is 25.7 Å². The second kappa shape index (κ2) is 7.59. The molecule has 1 aromatic carbocycles. The predicted octanol–water partition coefficient (Wildman–Crippen LogP) is 2.71. The molecule has 4 rings (SSSR count). The Labute approximate surface area is 168 Å². The third-order valence-electron chi connectivity index (χ3n) is 4.30. The minimum atomic E-state index is -0.688. The summed E-state index contributed by atoms with van der Waals surface area (Å²) in [7, 11) is 0. The molecule has 0 spiro atoms. The normalized spacial score (nSPS) is 11.4. The number of thiophene rings is 1. The minimum absolute atomic E-state index is 0.0554. The van der Waals surface area contributed by atoms with E-state index in [2.05, 4.69) is 15.1 Å². The summed E-state index contributed by atoms with van der Waals surface area (Å²) in [4.78, 5) is 44.4. The van der Waals surface area contributed by atoms with Crippen molar-refractivity contribution in [2.45, 2.75) is 27.0 Å². The molecule has 0 aliphatic rings. The van der Waals surface area contributed by atoms with Crippen LogP contribution in [0.25, 0.3) is 21.0 Å². The molecule has 0 saturated carbocycles. The zero-order valence-electron chi connectivity index (χ0n) is 15.8. The highest BCUT2D eigenvalue weighted by Crippen LogP contribution is 2.16. The summed E-state index contributed by atoms with van der Waals surface area (Å²) in [6, 6.07) is 8.53. The number of H-pyrrole nitrogens is 1. The zero-order chi connectivity index (χ0) is 20.5. The number of aromatic amines is 1. The summed E-state index contributed by atoms with van der Waals surface area (Å²) in [5.74, 6) is -0.266. The molecule has 0 unspecified atom stereocenters. The fraction of sp³-hybridized carbons (Fsp3) is 0.250. The van der Waals surface area contributed by atoms with Crippen molar-refractivity contribution in [2.24, 2.45) is 5.92 Å². The fourth-order valence-corrected chi connectivity index (χ4v) is 3.77. The van der Waals surface area contributed by atoms with Gasteiger partial charge in [-0.15, -0.1) is 11.3 Å². The van der Waals surface area contributed by atoms with E-state index in [0.29, 0.717) is 27.5 Å². The van der Waals surface area contributed by atoms with Crippen LogP contribution in [0.2, 0.25) is 0 Å². The van der Waals surface area contributed by atoms with Crippen LogP contribution in [0.4, 0.5) is 0 Å². The number of aromatic nitrogens is 4. The van der Waals surface area contributed by atoms with Crippen LogP contribution >= 0.6 is 11.3 Å². The number of esters is 1. The molecule has 0 fully saturated rings. The summed E-state index contributed by atoms with van der Waals surface area (Å²) in [6.45, 7) is 4.10. The third kappa shape index (κ3) is 3.68. The first kappa shape index (κ1) is 19.0. The number of ether oxygens (including phenoxy) is 1. The first-order chi connectivity index (χ1) is 13.9. The monoisotopic (exact) mass is 410 g/mol. The maximum atomic E-state index is 12.8. The summed E-state index contributed by atoms with van der Waals surface area (Å²) in [5.41, 5.74) is 0.0866. The van der Waals surface area contributed by atoms with E-state index >= 15 is 0 Å². The van der Waals surface area contributed by atoms with Gasteiger partial charge in [-0.3, -0.25) is 9.59 Å². The number of fused-ring (bicyclic) bond motifs is 2. The van der Waals surface area contributed by atoms with Gasteiger partial charge in [-0.25, -0.2) is 14.5 Å². The zero-order valence-corrected chi connectivity index (χ0v) is 16.7. The Hall–Kier alpha value is -3.33. The van der Waals surface area contributed by atoms with Crippen molar-refractivity contribution in [1.29, 1.82) is 0 Å². The molecule has 8 nitrogen and oxygen atoms in total. The second-order valence-corrected chi connectivity index (χ2v) is 7.92.